The van der Waals surface area contributed by atoms with Gasteiger partial charge in [0.05, 0.1) is 51.1 Å². The lowest BCUT2D eigenvalue weighted by molar-refractivity contribution is -0.137. The van der Waals surface area contributed by atoms with Gasteiger partial charge in [-0.25, -0.2) is 4.98 Å². The number of hydrogen-bond donors (Lipinski definition) is 0. The molecule has 0 amide bonds. The number of aromatic nitrogens is 3. The van der Waals surface area contributed by atoms with E-state index in [-0.39, 0.29) is 11.1 Å². The Morgan fingerprint density at radius 1 is 0.500 bits per heavy atom. The molecular weight excluding hydrogens is 726 g/mol. The molecule has 0 bridgehead atoms. The van der Waals surface area contributed by atoms with Crippen molar-refractivity contribution in [2.24, 2.45) is 0 Å². The number of nitriles is 1. The van der Waals surface area contributed by atoms with Gasteiger partial charge in [0.25, 0.3) is 0 Å². The lowest BCUT2D eigenvalue weighted by Crippen LogP contribution is -2.07. The fourth-order valence-corrected chi connectivity index (χ4v) is 8.56. The highest BCUT2D eigenvalue weighted by Crippen LogP contribution is 2.42. The smallest absolute Gasteiger partial charge is 0.307 e. The van der Waals surface area contributed by atoms with E-state index in [4.69, 9.17) is 4.98 Å². The van der Waals surface area contributed by atoms with Crippen molar-refractivity contribution in [2.45, 2.75) is 20.0 Å². The lowest BCUT2D eigenvalue weighted by atomic mass is 9.98. The topological polar surface area (TPSA) is 46.5 Å². The summed E-state index contributed by atoms with van der Waals surface area (Å²) in [5.74, 6) is 0.532. The van der Waals surface area contributed by atoms with Crippen molar-refractivity contribution in [3.8, 4) is 51.0 Å². The summed E-state index contributed by atoms with van der Waals surface area (Å²) in [6.07, 6.45) is -2.92. The van der Waals surface area contributed by atoms with Gasteiger partial charge in [0.15, 0.2) is 0 Å². The molecule has 0 aliphatic heterocycles. The first-order valence-electron chi connectivity index (χ1n) is 19.0. The molecule has 58 heavy (non-hydrogen) atoms. The molecule has 0 aliphatic rings. The summed E-state index contributed by atoms with van der Waals surface area (Å²) in [5, 5.41) is 14.1. The molecule has 0 spiro atoms. The number of hydrogen-bond acceptors (Lipinski definition) is 2. The summed E-state index contributed by atoms with van der Waals surface area (Å²) in [5.41, 5.74) is 10.5. The number of rotatable bonds is 5. The summed E-state index contributed by atoms with van der Waals surface area (Å²) in [7, 11) is 0. The standard InChI is InChI=1S/C51H33F3N4/c1-31-11-3-5-13-38(31)34-19-21-42-40-15-7-9-17-45(40)57(47(42)26-34)49-30-56-50(28-44(49)36-23-33(29-55)24-37(25-36)51(52,53)54)58-46-18-10-8-16-41(46)43-22-20-35(27-48(43)58)39-14-6-4-12-32(39)2/h3-28,30H,1-2H3. The van der Waals surface area contributed by atoms with Crippen LogP contribution in [0.2, 0.25) is 0 Å². The minimum atomic E-state index is -4.67. The van der Waals surface area contributed by atoms with Crippen molar-refractivity contribution in [3.63, 3.8) is 0 Å². The highest BCUT2D eigenvalue weighted by Gasteiger charge is 2.32. The number of alkyl halides is 3. The Balaban J connectivity index is 1.30. The van der Waals surface area contributed by atoms with E-state index in [9.17, 15) is 18.4 Å². The second-order valence-corrected chi connectivity index (χ2v) is 14.8. The second kappa shape index (κ2) is 13.4. The fourth-order valence-electron chi connectivity index (χ4n) is 8.56. The quantitative estimate of drug-likeness (QED) is 0.175. The van der Waals surface area contributed by atoms with Crippen molar-refractivity contribution in [3.05, 3.63) is 186 Å². The molecule has 0 atom stereocenters. The van der Waals surface area contributed by atoms with E-state index in [1.54, 1.807) is 6.20 Å². The average molecular weight is 759 g/mol. The number of halogens is 3. The Hall–Kier alpha value is -7.43. The van der Waals surface area contributed by atoms with Gasteiger partial charge in [-0.15, -0.1) is 0 Å². The zero-order valence-electron chi connectivity index (χ0n) is 31.5. The van der Waals surface area contributed by atoms with Crippen LogP contribution in [0.25, 0.3) is 88.5 Å². The molecule has 7 aromatic carbocycles. The Bertz CT molecular complexity index is 3320. The maximum absolute atomic E-state index is 14.6. The van der Waals surface area contributed by atoms with Crippen molar-refractivity contribution < 1.29 is 13.2 Å². The minimum Gasteiger partial charge on any atom is -0.307 e. The van der Waals surface area contributed by atoms with Crippen LogP contribution in [0.4, 0.5) is 13.2 Å². The Morgan fingerprint density at radius 2 is 1.02 bits per heavy atom. The Kier molecular flexibility index (Phi) is 8.06. The summed E-state index contributed by atoms with van der Waals surface area (Å²) in [4.78, 5) is 5.16. The van der Waals surface area contributed by atoms with Crippen LogP contribution in [0.3, 0.4) is 0 Å². The van der Waals surface area contributed by atoms with Crippen molar-refractivity contribution in [1.82, 2.24) is 14.1 Å². The molecule has 4 nitrogen and oxygen atoms in total. The van der Waals surface area contributed by atoms with Gasteiger partial charge in [-0.2, -0.15) is 18.4 Å². The van der Waals surface area contributed by atoms with E-state index in [2.05, 4.69) is 95.8 Å². The molecule has 0 fully saturated rings. The highest BCUT2D eigenvalue weighted by atomic mass is 19.4. The number of para-hydroxylation sites is 2. The molecule has 7 heteroatoms. The molecule has 3 aromatic heterocycles. The molecule has 10 aromatic rings. The zero-order valence-corrected chi connectivity index (χ0v) is 31.5. The first kappa shape index (κ1) is 35.0. The van der Waals surface area contributed by atoms with Gasteiger partial charge in [-0.05, 0) is 101 Å². The normalized spacial score (nSPS) is 11.9. The summed E-state index contributed by atoms with van der Waals surface area (Å²) in [6, 6.07) is 52.8. The number of nitrogens with zero attached hydrogens (tertiary/aromatic N) is 4. The third-order valence-electron chi connectivity index (χ3n) is 11.3. The van der Waals surface area contributed by atoms with E-state index in [0.717, 1.165) is 89.1 Å². The number of benzene rings is 7. The zero-order chi connectivity index (χ0) is 39.7. The van der Waals surface area contributed by atoms with E-state index in [0.29, 0.717) is 17.1 Å². The van der Waals surface area contributed by atoms with Gasteiger partial charge < -0.3 is 4.57 Å². The maximum atomic E-state index is 14.6. The predicted molar refractivity (Wildman–Crippen MR) is 228 cm³/mol. The van der Waals surface area contributed by atoms with E-state index in [1.807, 2.05) is 72.8 Å². The summed E-state index contributed by atoms with van der Waals surface area (Å²) >= 11 is 0. The largest absolute Gasteiger partial charge is 0.416 e. The summed E-state index contributed by atoms with van der Waals surface area (Å²) in [6.45, 7) is 4.17. The number of fused-ring (bicyclic) bond motifs is 6. The third kappa shape index (κ3) is 5.64. The van der Waals surface area contributed by atoms with Crippen molar-refractivity contribution in [2.75, 3.05) is 0 Å². The number of pyridine rings is 1. The first-order valence-corrected chi connectivity index (χ1v) is 19.0. The van der Waals surface area contributed by atoms with Crippen LogP contribution in [0.5, 0.6) is 0 Å². The van der Waals surface area contributed by atoms with E-state index < -0.39 is 11.7 Å². The Labute approximate surface area is 332 Å². The second-order valence-electron chi connectivity index (χ2n) is 14.8. The molecular formula is C51H33F3N4. The van der Waals surface area contributed by atoms with Crippen LogP contribution in [-0.4, -0.2) is 14.1 Å². The SMILES string of the molecule is Cc1ccccc1-c1ccc2c3ccccc3n(-c3cc(-c4cc(C#N)cc(C(F)(F)F)c4)c(-n4c5ccccc5c5ccc(-c6ccccc6C)cc54)cn3)c2c1. The van der Waals surface area contributed by atoms with Crippen molar-refractivity contribution >= 4 is 43.6 Å². The van der Waals surface area contributed by atoms with E-state index >= 15 is 0 Å². The van der Waals surface area contributed by atoms with Gasteiger partial charge in [0.2, 0.25) is 0 Å². The minimum absolute atomic E-state index is 0.0852. The van der Waals surface area contributed by atoms with Crippen molar-refractivity contribution in [1.29, 1.82) is 5.26 Å². The van der Waals surface area contributed by atoms with Gasteiger partial charge in [0.1, 0.15) is 5.82 Å². The first-order chi connectivity index (χ1) is 28.2. The Morgan fingerprint density at radius 3 is 1.59 bits per heavy atom. The van der Waals surface area contributed by atoms with Crippen LogP contribution in [0, 0.1) is 25.2 Å². The van der Waals surface area contributed by atoms with Gasteiger partial charge in [-0.3, -0.25) is 4.57 Å². The molecule has 0 saturated heterocycles. The molecule has 0 unspecified atom stereocenters. The molecule has 10 rings (SSSR count). The van der Waals surface area contributed by atoms with Crippen LogP contribution >= 0.6 is 0 Å². The van der Waals surface area contributed by atoms with Gasteiger partial charge in [-0.1, -0.05) is 109 Å². The van der Waals surface area contributed by atoms with Crippen LogP contribution in [-0.2, 0) is 6.18 Å². The molecule has 0 N–H and O–H groups in total. The molecule has 0 radical (unpaired) electrons. The van der Waals surface area contributed by atoms with Gasteiger partial charge >= 0.3 is 6.18 Å². The molecule has 3 heterocycles. The third-order valence-corrected chi connectivity index (χ3v) is 11.3. The monoisotopic (exact) mass is 758 g/mol. The van der Waals surface area contributed by atoms with Crippen LogP contribution < -0.4 is 0 Å². The predicted octanol–water partition coefficient (Wildman–Crippen LogP) is 13.8. The maximum Gasteiger partial charge on any atom is 0.416 e. The molecule has 278 valence electrons. The van der Waals surface area contributed by atoms with Crippen LogP contribution in [0.1, 0.15) is 22.3 Å². The highest BCUT2D eigenvalue weighted by molar-refractivity contribution is 6.12. The average Bonchev–Trinajstić information content (AvgIpc) is 3.75. The molecule has 0 aliphatic carbocycles. The van der Waals surface area contributed by atoms with Gasteiger partial charge in [0, 0.05) is 27.1 Å². The number of aryl methyl sites for hydroxylation is 2. The fraction of sp³-hybridized carbons (Fsp3) is 0.0588. The lowest BCUT2D eigenvalue weighted by Gasteiger charge is -2.18. The summed E-state index contributed by atoms with van der Waals surface area (Å²) < 4.78 is 47.8. The molecule has 0 saturated carbocycles. The van der Waals surface area contributed by atoms with Crippen LogP contribution in [0.15, 0.2) is 164 Å². The van der Waals surface area contributed by atoms with E-state index in [1.165, 1.54) is 6.07 Å².